The molecule has 0 spiro atoms. The number of anilines is 2. The maximum atomic E-state index is 13.0. The van der Waals surface area contributed by atoms with Crippen molar-refractivity contribution in [3.63, 3.8) is 0 Å². The molecule has 2 aromatic rings. The molecule has 0 fully saturated rings. The van der Waals surface area contributed by atoms with Gasteiger partial charge in [-0.15, -0.1) is 0 Å². The Morgan fingerprint density at radius 1 is 1.16 bits per heavy atom. The third-order valence-corrected chi connectivity index (χ3v) is 3.14. The predicted molar refractivity (Wildman–Crippen MR) is 77.9 cm³/mol. The van der Waals surface area contributed by atoms with Crippen LogP contribution < -0.4 is 10.6 Å². The van der Waals surface area contributed by atoms with Crippen molar-refractivity contribution in [3.8, 4) is 0 Å². The van der Waals surface area contributed by atoms with Gasteiger partial charge in [0.1, 0.15) is 5.82 Å². The first-order valence-electron chi connectivity index (χ1n) is 5.64. The number of urea groups is 1. The monoisotopic (exact) mass is 322 g/mol. The molecule has 0 saturated heterocycles. The van der Waals surface area contributed by atoms with Crippen molar-refractivity contribution in [1.82, 2.24) is 0 Å². The van der Waals surface area contributed by atoms with Crippen LogP contribution in [0.3, 0.4) is 0 Å². The molecule has 98 valence electrons. The van der Waals surface area contributed by atoms with E-state index in [1.165, 1.54) is 18.2 Å². The van der Waals surface area contributed by atoms with E-state index in [0.717, 1.165) is 10.0 Å². The fraction of sp³-hybridized carbons (Fsp3) is 0.0714. The van der Waals surface area contributed by atoms with E-state index < -0.39 is 11.8 Å². The van der Waals surface area contributed by atoms with Gasteiger partial charge in [0.15, 0.2) is 0 Å². The average Bonchev–Trinajstić information content (AvgIpc) is 2.34. The van der Waals surface area contributed by atoms with Crippen molar-refractivity contribution in [2.75, 3.05) is 10.6 Å². The zero-order valence-corrected chi connectivity index (χ0v) is 11.8. The largest absolute Gasteiger partial charge is 0.323 e. The number of benzene rings is 2. The molecule has 2 N–H and O–H groups in total. The summed E-state index contributed by atoms with van der Waals surface area (Å²) in [7, 11) is 0. The number of aryl methyl sites for hydroxylation is 1. The number of hydrogen-bond acceptors (Lipinski definition) is 1. The zero-order valence-electron chi connectivity index (χ0n) is 10.2. The van der Waals surface area contributed by atoms with Crippen molar-refractivity contribution in [1.29, 1.82) is 0 Å². The average molecular weight is 323 g/mol. The van der Waals surface area contributed by atoms with Gasteiger partial charge in [0, 0.05) is 10.2 Å². The first-order chi connectivity index (χ1) is 9.04. The van der Waals surface area contributed by atoms with E-state index in [9.17, 15) is 9.18 Å². The molecule has 2 amide bonds. The van der Waals surface area contributed by atoms with Crippen LogP contribution >= 0.6 is 15.9 Å². The minimum absolute atomic E-state index is 0.394. The molecule has 0 radical (unpaired) electrons. The van der Waals surface area contributed by atoms with Gasteiger partial charge in [-0.05, 0) is 58.7 Å². The summed E-state index contributed by atoms with van der Waals surface area (Å²) < 4.78 is 13.8. The van der Waals surface area contributed by atoms with Crippen molar-refractivity contribution in [2.24, 2.45) is 0 Å². The SMILES string of the molecule is Cc1ccc(Br)c(NC(=O)Nc2cccc(F)c2)c1. The maximum Gasteiger partial charge on any atom is 0.323 e. The topological polar surface area (TPSA) is 41.1 Å². The van der Waals surface area contributed by atoms with Gasteiger partial charge >= 0.3 is 6.03 Å². The molecule has 0 bridgehead atoms. The van der Waals surface area contributed by atoms with Gasteiger partial charge in [-0.3, -0.25) is 0 Å². The van der Waals surface area contributed by atoms with Crippen LogP contribution in [0.4, 0.5) is 20.6 Å². The van der Waals surface area contributed by atoms with Crippen LogP contribution in [-0.2, 0) is 0 Å². The summed E-state index contributed by atoms with van der Waals surface area (Å²) in [5, 5.41) is 5.27. The summed E-state index contributed by atoms with van der Waals surface area (Å²) in [6.07, 6.45) is 0. The normalized spacial score (nSPS) is 10.1. The predicted octanol–water partition coefficient (Wildman–Crippen LogP) is 4.54. The highest BCUT2D eigenvalue weighted by atomic mass is 79.9. The summed E-state index contributed by atoms with van der Waals surface area (Å²) in [4.78, 5) is 11.8. The van der Waals surface area contributed by atoms with E-state index in [4.69, 9.17) is 0 Å². The van der Waals surface area contributed by atoms with Gasteiger partial charge in [-0.1, -0.05) is 12.1 Å². The molecule has 0 atom stereocenters. The molecule has 0 saturated carbocycles. The highest BCUT2D eigenvalue weighted by Crippen LogP contribution is 2.23. The van der Waals surface area contributed by atoms with E-state index in [0.29, 0.717) is 11.4 Å². The Balaban J connectivity index is 2.07. The Morgan fingerprint density at radius 3 is 2.68 bits per heavy atom. The van der Waals surface area contributed by atoms with Crippen LogP contribution in [0.2, 0.25) is 0 Å². The highest BCUT2D eigenvalue weighted by Gasteiger charge is 2.06. The molecular weight excluding hydrogens is 311 g/mol. The van der Waals surface area contributed by atoms with E-state index in [-0.39, 0.29) is 0 Å². The van der Waals surface area contributed by atoms with Crippen LogP contribution in [0.1, 0.15) is 5.56 Å². The van der Waals surface area contributed by atoms with Crippen LogP contribution in [0.15, 0.2) is 46.9 Å². The first-order valence-corrected chi connectivity index (χ1v) is 6.43. The van der Waals surface area contributed by atoms with Crippen molar-refractivity contribution in [2.45, 2.75) is 6.92 Å². The number of amides is 2. The van der Waals surface area contributed by atoms with Crippen molar-refractivity contribution in [3.05, 3.63) is 58.3 Å². The molecule has 0 unspecified atom stereocenters. The first kappa shape index (κ1) is 13.5. The van der Waals surface area contributed by atoms with Crippen LogP contribution in [0.25, 0.3) is 0 Å². The lowest BCUT2D eigenvalue weighted by Crippen LogP contribution is -2.19. The molecule has 0 heterocycles. The summed E-state index contributed by atoms with van der Waals surface area (Å²) in [5.41, 5.74) is 2.10. The number of nitrogens with one attached hydrogen (secondary N) is 2. The minimum Gasteiger partial charge on any atom is -0.308 e. The smallest absolute Gasteiger partial charge is 0.308 e. The lowest BCUT2D eigenvalue weighted by Gasteiger charge is -2.10. The molecule has 5 heteroatoms. The van der Waals surface area contributed by atoms with Crippen LogP contribution in [0.5, 0.6) is 0 Å². The summed E-state index contributed by atoms with van der Waals surface area (Å²) in [6.45, 7) is 1.93. The van der Waals surface area contributed by atoms with Gasteiger partial charge < -0.3 is 10.6 Å². The quantitative estimate of drug-likeness (QED) is 0.837. The van der Waals surface area contributed by atoms with E-state index in [2.05, 4.69) is 26.6 Å². The number of carbonyl (C=O) groups excluding carboxylic acids is 1. The van der Waals surface area contributed by atoms with Gasteiger partial charge in [0.2, 0.25) is 0 Å². The second kappa shape index (κ2) is 5.84. The Morgan fingerprint density at radius 2 is 1.95 bits per heavy atom. The number of carbonyl (C=O) groups is 1. The maximum absolute atomic E-state index is 13.0. The Bertz CT molecular complexity index is 616. The lowest BCUT2D eigenvalue weighted by molar-refractivity contribution is 0.262. The molecule has 2 rings (SSSR count). The second-order valence-electron chi connectivity index (χ2n) is 4.07. The van der Waals surface area contributed by atoms with Crippen molar-refractivity contribution >= 4 is 33.3 Å². The number of hydrogen-bond donors (Lipinski definition) is 2. The standard InChI is InChI=1S/C14H12BrFN2O/c1-9-5-6-12(15)13(7-9)18-14(19)17-11-4-2-3-10(16)8-11/h2-8H,1H3,(H2,17,18,19). The highest BCUT2D eigenvalue weighted by molar-refractivity contribution is 9.10. The fourth-order valence-corrected chi connectivity index (χ4v) is 1.93. The summed E-state index contributed by atoms with van der Waals surface area (Å²) in [6, 6.07) is 10.9. The third kappa shape index (κ3) is 3.79. The molecule has 3 nitrogen and oxygen atoms in total. The van der Waals surface area contributed by atoms with Gasteiger partial charge in [-0.2, -0.15) is 0 Å². The van der Waals surface area contributed by atoms with E-state index in [1.54, 1.807) is 6.07 Å². The number of rotatable bonds is 2. The number of halogens is 2. The van der Waals surface area contributed by atoms with Crippen LogP contribution in [0, 0.1) is 12.7 Å². The molecule has 19 heavy (non-hydrogen) atoms. The van der Waals surface area contributed by atoms with E-state index >= 15 is 0 Å². The van der Waals surface area contributed by atoms with Crippen molar-refractivity contribution < 1.29 is 9.18 Å². The Hall–Kier alpha value is -1.88. The summed E-state index contributed by atoms with van der Waals surface area (Å²) >= 11 is 3.35. The molecule has 0 aromatic heterocycles. The zero-order chi connectivity index (χ0) is 13.8. The molecule has 2 aromatic carbocycles. The fourth-order valence-electron chi connectivity index (χ4n) is 1.59. The van der Waals surface area contributed by atoms with Crippen LogP contribution in [-0.4, -0.2) is 6.03 Å². The van der Waals surface area contributed by atoms with Gasteiger partial charge in [0.05, 0.1) is 5.69 Å². The van der Waals surface area contributed by atoms with E-state index in [1.807, 2.05) is 25.1 Å². The molecule has 0 aliphatic heterocycles. The molecular formula is C14H12BrFN2O. The second-order valence-corrected chi connectivity index (χ2v) is 4.93. The summed E-state index contributed by atoms with van der Waals surface area (Å²) in [5.74, 6) is -0.394. The Kier molecular flexibility index (Phi) is 4.16. The molecule has 0 aliphatic rings. The van der Waals surface area contributed by atoms with Gasteiger partial charge in [0.25, 0.3) is 0 Å². The van der Waals surface area contributed by atoms with Gasteiger partial charge in [-0.25, -0.2) is 9.18 Å². The lowest BCUT2D eigenvalue weighted by atomic mass is 10.2. The third-order valence-electron chi connectivity index (χ3n) is 2.45. The minimum atomic E-state index is -0.420. The molecule has 0 aliphatic carbocycles. The Labute approximate surface area is 119 Å².